The molecule has 7 aliphatic rings. The Morgan fingerprint density at radius 1 is 0.958 bits per heavy atom. The summed E-state index contributed by atoms with van der Waals surface area (Å²) in [6.45, 7) is 4.75. The molecule has 18 atom stereocenters. The van der Waals surface area contributed by atoms with Crippen LogP contribution in [0.25, 0.3) is 0 Å². The second-order valence-electron chi connectivity index (χ2n) is 16.3. The van der Waals surface area contributed by atoms with Crippen LogP contribution in [0.3, 0.4) is 0 Å². The Bertz CT molecular complexity index is 1280. The molecule has 4 saturated carbocycles. The van der Waals surface area contributed by atoms with Gasteiger partial charge in [0, 0.05) is 23.8 Å². The topological polar surface area (TPSA) is 225 Å². The molecule has 0 aromatic rings. The number of esters is 1. The monoisotopic (exact) mass is 684 g/mol. The van der Waals surface area contributed by atoms with E-state index in [-0.39, 0.29) is 48.9 Å². The summed E-state index contributed by atoms with van der Waals surface area (Å²) in [7, 11) is 0. The molecule has 0 spiro atoms. The van der Waals surface area contributed by atoms with Crippen LogP contribution in [0, 0.1) is 34.5 Å². The molecule has 0 amide bonds. The molecule has 3 aliphatic heterocycles. The Balaban J connectivity index is 1.01. The van der Waals surface area contributed by atoms with Crippen molar-refractivity contribution >= 4 is 5.97 Å². The minimum Gasteiger partial charge on any atom is -0.458 e. The molecular weight excluding hydrogens is 632 g/mol. The predicted octanol–water partition coefficient (Wildman–Crippen LogP) is -1.14. The molecule has 7 rings (SSSR count). The van der Waals surface area contributed by atoms with E-state index in [4.69, 9.17) is 23.7 Å². The normalized spacial score (nSPS) is 56.6. The van der Waals surface area contributed by atoms with Crippen LogP contribution in [0.4, 0.5) is 0 Å². The Hall–Kier alpha value is -1.27. The number of rotatable bonds is 6. The number of hydrogen-bond donors (Lipinski definition) is 8. The van der Waals surface area contributed by atoms with Crippen LogP contribution in [0.1, 0.15) is 65.7 Å². The highest BCUT2D eigenvalue weighted by molar-refractivity contribution is 5.85. The van der Waals surface area contributed by atoms with E-state index in [1.54, 1.807) is 6.92 Å². The second kappa shape index (κ2) is 12.2. The van der Waals surface area contributed by atoms with Crippen molar-refractivity contribution in [2.24, 2.45) is 34.5 Å². The Morgan fingerprint density at radius 3 is 2.38 bits per heavy atom. The average Bonchev–Trinajstić information content (AvgIpc) is 3.64. The summed E-state index contributed by atoms with van der Waals surface area (Å²) in [4.78, 5) is 11.9. The third-order valence-electron chi connectivity index (χ3n) is 13.8. The summed E-state index contributed by atoms with van der Waals surface area (Å²) >= 11 is 0. The molecule has 0 aromatic heterocycles. The van der Waals surface area contributed by atoms with Crippen molar-refractivity contribution in [3.05, 3.63) is 11.6 Å². The van der Waals surface area contributed by atoms with Gasteiger partial charge in [0.25, 0.3) is 0 Å². The van der Waals surface area contributed by atoms with Crippen LogP contribution in [0.2, 0.25) is 0 Å². The third kappa shape index (κ3) is 5.16. The molecule has 272 valence electrons. The van der Waals surface area contributed by atoms with Gasteiger partial charge in [-0.1, -0.05) is 13.8 Å². The van der Waals surface area contributed by atoms with Gasteiger partial charge >= 0.3 is 5.97 Å². The molecule has 0 unspecified atom stereocenters. The van der Waals surface area contributed by atoms with Crippen molar-refractivity contribution in [3.63, 3.8) is 0 Å². The molecule has 0 radical (unpaired) electrons. The van der Waals surface area contributed by atoms with Gasteiger partial charge < -0.3 is 64.5 Å². The summed E-state index contributed by atoms with van der Waals surface area (Å²) in [5.41, 5.74) is -3.59. The van der Waals surface area contributed by atoms with Gasteiger partial charge in [0.1, 0.15) is 36.6 Å². The number of hydrogen-bond acceptors (Lipinski definition) is 14. The maximum atomic E-state index is 12.5. The van der Waals surface area contributed by atoms with Crippen molar-refractivity contribution in [3.8, 4) is 0 Å². The van der Waals surface area contributed by atoms with E-state index in [0.717, 1.165) is 6.42 Å². The molecular formula is C34H52O14. The van der Waals surface area contributed by atoms with Gasteiger partial charge in [-0.25, -0.2) is 4.79 Å². The van der Waals surface area contributed by atoms with E-state index in [2.05, 4.69) is 6.92 Å². The number of fused-ring (bicyclic) bond motifs is 5. The Kier molecular flexibility index (Phi) is 8.91. The van der Waals surface area contributed by atoms with Crippen molar-refractivity contribution in [2.75, 3.05) is 19.8 Å². The van der Waals surface area contributed by atoms with Crippen LogP contribution >= 0.6 is 0 Å². The minimum absolute atomic E-state index is 0.0908. The number of cyclic esters (lactones) is 1. The summed E-state index contributed by atoms with van der Waals surface area (Å²) in [5, 5.41) is 87.7. The molecule has 14 nitrogen and oxygen atoms in total. The maximum absolute atomic E-state index is 12.5. The highest BCUT2D eigenvalue weighted by Crippen LogP contribution is 2.70. The van der Waals surface area contributed by atoms with Gasteiger partial charge in [-0.3, -0.25) is 0 Å². The largest absolute Gasteiger partial charge is 0.458 e. The summed E-state index contributed by atoms with van der Waals surface area (Å²) < 4.78 is 28.5. The van der Waals surface area contributed by atoms with E-state index < -0.39 is 90.4 Å². The minimum atomic E-state index is -1.90. The molecule has 14 heteroatoms. The number of aliphatic hydroxyl groups is 8. The van der Waals surface area contributed by atoms with Crippen molar-refractivity contribution < 1.29 is 69.3 Å². The maximum Gasteiger partial charge on any atom is 0.331 e. The quantitative estimate of drug-likeness (QED) is 0.122. The number of aliphatic hydroxyl groups excluding tert-OH is 6. The zero-order valence-corrected chi connectivity index (χ0v) is 27.8. The van der Waals surface area contributed by atoms with Crippen molar-refractivity contribution in [2.45, 2.75) is 138 Å². The van der Waals surface area contributed by atoms with Crippen molar-refractivity contribution in [1.82, 2.24) is 0 Å². The first-order valence-electron chi connectivity index (χ1n) is 17.5. The van der Waals surface area contributed by atoms with Gasteiger partial charge in [0.2, 0.25) is 0 Å². The van der Waals surface area contributed by atoms with Gasteiger partial charge in [-0.05, 0) is 74.2 Å². The number of ether oxygens (including phenoxy) is 5. The molecule has 0 aromatic carbocycles. The molecule has 4 aliphatic carbocycles. The van der Waals surface area contributed by atoms with Crippen LogP contribution in [0.15, 0.2) is 11.6 Å². The van der Waals surface area contributed by atoms with E-state index in [1.807, 2.05) is 6.92 Å². The summed E-state index contributed by atoms with van der Waals surface area (Å²) in [6.07, 6.45) is -5.47. The Labute approximate surface area is 279 Å². The molecule has 48 heavy (non-hydrogen) atoms. The lowest BCUT2D eigenvalue weighted by molar-refractivity contribution is -0.333. The first kappa shape index (κ1) is 35.1. The summed E-state index contributed by atoms with van der Waals surface area (Å²) in [6, 6.07) is 0. The van der Waals surface area contributed by atoms with Gasteiger partial charge in [0.15, 0.2) is 12.6 Å². The fraction of sp³-hybridized carbons (Fsp3) is 0.912. The lowest BCUT2D eigenvalue weighted by Gasteiger charge is -2.65. The van der Waals surface area contributed by atoms with Crippen LogP contribution in [0.5, 0.6) is 0 Å². The first-order chi connectivity index (χ1) is 22.6. The predicted molar refractivity (Wildman–Crippen MR) is 162 cm³/mol. The van der Waals surface area contributed by atoms with Gasteiger partial charge in [0.05, 0.1) is 43.2 Å². The van der Waals surface area contributed by atoms with Crippen molar-refractivity contribution in [1.29, 1.82) is 0 Å². The van der Waals surface area contributed by atoms with E-state index in [9.17, 15) is 45.6 Å². The van der Waals surface area contributed by atoms with Crippen LogP contribution in [-0.2, 0) is 28.5 Å². The van der Waals surface area contributed by atoms with E-state index in [1.165, 1.54) is 6.08 Å². The van der Waals surface area contributed by atoms with Gasteiger partial charge in [-0.15, -0.1) is 0 Å². The number of carbonyl (C=O) groups excluding carboxylic acids is 1. The average molecular weight is 685 g/mol. The second-order valence-corrected chi connectivity index (χ2v) is 16.3. The number of carbonyl (C=O) groups is 1. The molecule has 6 fully saturated rings. The third-order valence-corrected chi connectivity index (χ3v) is 13.8. The highest BCUT2D eigenvalue weighted by atomic mass is 16.7. The standard InChI is InChI=1S/C34H52O14/c1-15-27(48-30-28(41)33(42,13-35)14-45-30)25(39)26(40)29(46-15)47-18-6-7-31(2)17(9-18)4-5-19-24(31)20(36)10-32(3)23(16-8-22(38)44-12-16)21(37)11-34(19,32)43/h8,15,17-21,23-30,35-37,39-43H,4-7,9-14H2,1-3H3/t15-,17+,18-,19+,20+,21-,23-,24+,25-,26+,27-,28-,29-,30-,31-,32+,33+,34-/m0/s1. The molecule has 3 heterocycles. The van der Waals surface area contributed by atoms with E-state index >= 15 is 0 Å². The fourth-order valence-electron chi connectivity index (χ4n) is 11.2. The van der Waals surface area contributed by atoms with Gasteiger partial charge in [-0.2, -0.15) is 0 Å². The zero-order valence-electron chi connectivity index (χ0n) is 27.8. The fourth-order valence-corrected chi connectivity index (χ4v) is 11.2. The molecule has 0 bridgehead atoms. The van der Waals surface area contributed by atoms with Crippen LogP contribution in [-0.4, -0.2) is 139 Å². The molecule has 2 saturated heterocycles. The lowest BCUT2D eigenvalue weighted by atomic mass is 9.42. The Morgan fingerprint density at radius 2 is 1.71 bits per heavy atom. The zero-order chi connectivity index (χ0) is 34.6. The summed E-state index contributed by atoms with van der Waals surface area (Å²) in [5.74, 6) is -1.23. The highest BCUT2D eigenvalue weighted by Gasteiger charge is 2.72. The van der Waals surface area contributed by atoms with Crippen LogP contribution < -0.4 is 0 Å². The smallest absolute Gasteiger partial charge is 0.331 e. The first-order valence-corrected chi connectivity index (χ1v) is 17.5. The van der Waals surface area contributed by atoms with E-state index in [0.29, 0.717) is 37.7 Å². The molecule has 8 N–H and O–H groups in total. The lowest BCUT2D eigenvalue weighted by Crippen LogP contribution is -2.66. The SMILES string of the molecule is C[C@@H]1O[C@@H](O[C@H]2CC[C@@]3(C)[C@H](CC[C@@H]4[C@@H]3[C@H](O)C[C@]3(C)[C@@H](C5=CC(=O)OC5)[C@@H](O)C[C@]43O)C2)[C@H](O)[C@H](O)[C@H]1O[C@@H]1OC[C@](O)(CO)[C@H]1O.